The van der Waals surface area contributed by atoms with E-state index in [4.69, 9.17) is 9.47 Å². The summed E-state index contributed by atoms with van der Waals surface area (Å²) in [4.78, 5) is 18.9. The SMILES string of the molecule is COc1cncc(-c2cc3c(-c4cc5c(-c6cc(F)cc(OCCN(C)C)c6)nccc5[nH]4)n[nH]c3cn2)c1. The standard InChI is InChI=1S/C29H26FN7O2/c1-37(2)6-7-39-20-9-17(8-19(30)11-20)28-22-13-26(34-24(22)4-5-32-28)29-23-12-25(33-16-27(23)35-36-29)18-10-21(38-3)15-31-14-18/h4-5,8-16,34H,6-7H2,1-3H3,(H,35,36). The number of halogens is 1. The fraction of sp³-hybridized carbons (Fsp3) is 0.172. The highest BCUT2D eigenvalue weighted by molar-refractivity contribution is 6.00. The van der Waals surface area contributed by atoms with Crippen LogP contribution in [0.5, 0.6) is 11.5 Å². The second kappa shape index (κ2) is 10.1. The number of hydrogen-bond donors (Lipinski definition) is 2. The molecule has 0 saturated carbocycles. The highest BCUT2D eigenvalue weighted by Crippen LogP contribution is 2.35. The first kappa shape index (κ1) is 24.5. The van der Waals surface area contributed by atoms with Crippen LogP contribution in [0.2, 0.25) is 0 Å². The molecule has 0 aliphatic carbocycles. The molecule has 0 aliphatic rings. The topological polar surface area (TPSA) is 105 Å². The molecule has 0 amide bonds. The van der Waals surface area contributed by atoms with E-state index in [0.717, 1.165) is 51.0 Å². The van der Waals surface area contributed by atoms with E-state index in [1.165, 1.54) is 12.1 Å². The number of aromatic nitrogens is 6. The Bertz CT molecular complexity index is 1790. The number of methoxy groups -OCH3 is 1. The Hall–Kier alpha value is -4.83. The number of hydrogen-bond acceptors (Lipinski definition) is 7. The predicted octanol–water partition coefficient (Wildman–Crippen LogP) is 5.32. The van der Waals surface area contributed by atoms with E-state index in [-0.39, 0.29) is 5.82 Å². The van der Waals surface area contributed by atoms with Gasteiger partial charge in [-0.15, -0.1) is 0 Å². The second-order valence-electron chi connectivity index (χ2n) is 9.43. The highest BCUT2D eigenvalue weighted by atomic mass is 19.1. The molecular formula is C29H26FN7O2. The summed E-state index contributed by atoms with van der Waals surface area (Å²) in [6.45, 7) is 1.18. The zero-order chi connectivity index (χ0) is 26.9. The maximum absolute atomic E-state index is 14.6. The second-order valence-corrected chi connectivity index (χ2v) is 9.43. The van der Waals surface area contributed by atoms with Crippen LogP contribution in [0, 0.1) is 5.82 Å². The fourth-order valence-electron chi connectivity index (χ4n) is 4.49. The van der Waals surface area contributed by atoms with Crippen LogP contribution in [0.1, 0.15) is 0 Å². The van der Waals surface area contributed by atoms with Gasteiger partial charge in [0.2, 0.25) is 0 Å². The van der Waals surface area contributed by atoms with Gasteiger partial charge < -0.3 is 19.4 Å². The molecule has 6 aromatic rings. The molecule has 0 bridgehead atoms. The van der Waals surface area contributed by atoms with Gasteiger partial charge in [-0.2, -0.15) is 5.10 Å². The van der Waals surface area contributed by atoms with Gasteiger partial charge in [0.15, 0.2) is 0 Å². The van der Waals surface area contributed by atoms with E-state index < -0.39 is 0 Å². The molecular weight excluding hydrogens is 497 g/mol. The first-order chi connectivity index (χ1) is 19.0. The molecule has 10 heteroatoms. The molecule has 5 aromatic heterocycles. The van der Waals surface area contributed by atoms with Crippen LogP contribution in [0.25, 0.3) is 55.7 Å². The van der Waals surface area contributed by atoms with Gasteiger partial charge in [-0.1, -0.05) is 0 Å². The lowest BCUT2D eigenvalue weighted by Crippen LogP contribution is -2.19. The number of aromatic amines is 2. The third kappa shape index (κ3) is 4.89. The largest absolute Gasteiger partial charge is 0.495 e. The van der Waals surface area contributed by atoms with Crippen LogP contribution >= 0.6 is 0 Å². The summed E-state index contributed by atoms with van der Waals surface area (Å²) in [5.41, 5.74) is 6.05. The lowest BCUT2D eigenvalue weighted by molar-refractivity contribution is 0.260. The number of likely N-dealkylation sites (N-methyl/N-ethyl adjacent to an activating group) is 1. The average molecular weight is 524 g/mol. The molecule has 5 heterocycles. The Kier molecular flexibility index (Phi) is 6.37. The van der Waals surface area contributed by atoms with E-state index >= 15 is 0 Å². The van der Waals surface area contributed by atoms with Gasteiger partial charge >= 0.3 is 0 Å². The van der Waals surface area contributed by atoms with Crippen molar-refractivity contribution >= 4 is 21.8 Å². The van der Waals surface area contributed by atoms with Crippen molar-refractivity contribution in [2.45, 2.75) is 0 Å². The highest BCUT2D eigenvalue weighted by Gasteiger charge is 2.16. The number of H-pyrrole nitrogens is 2. The summed E-state index contributed by atoms with van der Waals surface area (Å²) in [6, 6.07) is 12.4. The molecule has 6 rings (SSSR count). The minimum Gasteiger partial charge on any atom is -0.495 e. The maximum atomic E-state index is 14.6. The molecule has 0 saturated heterocycles. The molecule has 9 nitrogen and oxygen atoms in total. The monoisotopic (exact) mass is 523 g/mol. The molecule has 0 fully saturated rings. The van der Waals surface area contributed by atoms with Crippen molar-refractivity contribution in [3.05, 3.63) is 73.1 Å². The summed E-state index contributed by atoms with van der Waals surface area (Å²) in [7, 11) is 5.53. The zero-order valence-electron chi connectivity index (χ0n) is 21.7. The van der Waals surface area contributed by atoms with E-state index in [1.54, 1.807) is 31.9 Å². The first-order valence-corrected chi connectivity index (χ1v) is 12.4. The Morgan fingerprint density at radius 3 is 2.56 bits per heavy atom. The summed E-state index contributed by atoms with van der Waals surface area (Å²) < 4.78 is 25.7. The third-order valence-electron chi connectivity index (χ3n) is 6.45. The van der Waals surface area contributed by atoms with Crippen molar-refractivity contribution < 1.29 is 13.9 Å². The van der Waals surface area contributed by atoms with Crippen LogP contribution in [-0.2, 0) is 0 Å². The minimum atomic E-state index is -0.382. The summed E-state index contributed by atoms with van der Waals surface area (Å²) >= 11 is 0. The fourth-order valence-corrected chi connectivity index (χ4v) is 4.49. The summed E-state index contributed by atoms with van der Waals surface area (Å²) in [5.74, 6) is 0.736. The number of rotatable bonds is 8. The van der Waals surface area contributed by atoms with E-state index in [1.807, 2.05) is 49.3 Å². The molecule has 0 aliphatic heterocycles. The number of nitrogens with one attached hydrogen (secondary N) is 2. The first-order valence-electron chi connectivity index (χ1n) is 12.4. The number of ether oxygens (including phenoxy) is 2. The van der Waals surface area contributed by atoms with Crippen LogP contribution < -0.4 is 9.47 Å². The molecule has 1 aromatic carbocycles. The predicted molar refractivity (Wildman–Crippen MR) is 148 cm³/mol. The van der Waals surface area contributed by atoms with Gasteiger partial charge in [0.25, 0.3) is 0 Å². The van der Waals surface area contributed by atoms with Crippen molar-refractivity contribution in [1.82, 2.24) is 35.0 Å². The van der Waals surface area contributed by atoms with E-state index in [0.29, 0.717) is 29.4 Å². The Labute approximate surface area is 223 Å². The molecule has 0 radical (unpaired) electrons. The lowest BCUT2D eigenvalue weighted by atomic mass is 10.1. The normalized spacial score (nSPS) is 11.5. The minimum absolute atomic E-state index is 0.382. The lowest BCUT2D eigenvalue weighted by Gasteiger charge is -2.12. The van der Waals surface area contributed by atoms with Crippen molar-refractivity contribution in [3.63, 3.8) is 0 Å². The number of benzene rings is 1. The van der Waals surface area contributed by atoms with Gasteiger partial charge in [0.05, 0.1) is 42.1 Å². The number of nitrogens with zero attached hydrogens (tertiary/aromatic N) is 5. The van der Waals surface area contributed by atoms with Gasteiger partial charge in [-0.3, -0.25) is 20.1 Å². The average Bonchev–Trinajstić information content (AvgIpc) is 3.56. The van der Waals surface area contributed by atoms with Crippen LogP contribution in [0.4, 0.5) is 4.39 Å². The van der Waals surface area contributed by atoms with Gasteiger partial charge in [0.1, 0.15) is 29.6 Å². The summed E-state index contributed by atoms with van der Waals surface area (Å²) in [6.07, 6.45) is 6.85. The van der Waals surface area contributed by atoms with Crippen LogP contribution in [0.3, 0.4) is 0 Å². The van der Waals surface area contributed by atoms with Crippen molar-refractivity contribution in [2.75, 3.05) is 34.4 Å². The Balaban J connectivity index is 1.40. The van der Waals surface area contributed by atoms with Crippen molar-refractivity contribution in [3.8, 4) is 45.4 Å². The maximum Gasteiger partial charge on any atom is 0.137 e. The smallest absolute Gasteiger partial charge is 0.137 e. The number of fused-ring (bicyclic) bond motifs is 2. The van der Waals surface area contributed by atoms with E-state index in [2.05, 4.69) is 30.1 Å². The molecule has 2 N–H and O–H groups in total. The Morgan fingerprint density at radius 2 is 1.72 bits per heavy atom. The molecule has 196 valence electrons. The van der Waals surface area contributed by atoms with Gasteiger partial charge in [0, 0.05) is 52.4 Å². The number of pyridine rings is 3. The van der Waals surface area contributed by atoms with Crippen LogP contribution in [-0.4, -0.2) is 69.4 Å². The van der Waals surface area contributed by atoms with Crippen molar-refractivity contribution in [2.24, 2.45) is 0 Å². The Morgan fingerprint density at radius 1 is 0.872 bits per heavy atom. The van der Waals surface area contributed by atoms with E-state index in [9.17, 15) is 4.39 Å². The zero-order valence-corrected chi connectivity index (χ0v) is 21.7. The molecule has 39 heavy (non-hydrogen) atoms. The summed E-state index contributed by atoms with van der Waals surface area (Å²) in [5, 5.41) is 9.37. The van der Waals surface area contributed by atoms with Crippen molar-refractivity contribution in [1.29, 1.82) is 0 Å². The van der Waals surface area contributed by atoms with Gasteiger partial charge in [-0.05, 0) is 50.5 Å². The van der Waals surface area contributed by atoms with Crippen LogP contribution in [0.15, 0.2) is 67.3 Å². The quantitative estimate of drug-likeness (QED) is 0.278. The molecule has 0 unspecified atom stereocenters. The molecule has 0 spiro atoms. The molecule has 0 atom stereocenters. The third-order valence-corrected chi connectivity index (χ3v) is 6.45. The van der Waals surface area contributed by atoms with Gasteiger partial charge in [-0.25, -0.2) is 4.39 Å².